The molecule has 0 fully saturated rings. The molecule has 14 heavy (non-hydrogen) atoms. The second-order valence-corrected chi connectivity index (χ2v) is 4.74. The van der Waals surface area contributed by atoms with Gasteiger partial charge < -0.3 is 5.11 Å². The van der Waals surface area contributed by atoms with Crippen LogP contribution in [0.1, 0.15) is 19.4 Å². The summed E-state index contributed by atoms with van der Waals surface area (Å²) in [6, 6.07) is 4.99. The maximum atomic E-state index is 13.2. The van der Waals surface area contributed by atoms with E-state index in [1.165, 1.54) is 17.8 Å². The van der Waals surface area contributed by atoms with Gasteiger partial charge in [0.15, 0.2) is 0 Å². The highest BCUT2D eigenvalue weighted by molar-refractivity contribution is 7.98. The molecular formula is C11H15FOS. The van der Waals surface area contributed by atoms with E-state index in [1.807, 2.05) is 20.1 Å². The van der Waals surface area contributed by atoms with E-state index in [9.17, 15) is 9.50 Å². The number of hydrogen-bond donors (Lipinski definition) is 1. The van der Waals surface area contributed by atoms with Crippen LogP contribution in [0, 0.1) is 5.82 Å². The van der Waals surface area contributed by atoms with Crippen molar-refractivity contribution >= 4 is 11.8 Å². The van der Waals surface area contributed by atoms with E-state index in [1.54, 1.807) is 12.1 Å². The van der Waals surface area contributed by atoms with Gasteiger partial charge in [0.1, 0.15) is 5.82 Å². The zero-order valence-corrected chi connectivity index (χ0v) is 9.49. The van der Waals surface area contributed by atoms with Gasteiger partial charge in [0, 0.05) is 10.3 Å². The molecule has 0 amide bonds. The molecule has 1 nitrogen and oxygen atoms in total. The summed E-state index contributed by atoms with van der Waals surface area (Å²) in [6.45, 7) is 3.93. The fraction of sp³-hybridized carbons (Fsp3) is 0.455. The smallest absolute Gasteiger partial charge is 0.136 e. The first-order valence-electron chi connectivity index (χ1n) is 4.46. The Hall–Kier alpha value is -0.540. The van der Waals surface area contributed by atoms with Crippen LogP contribution in [0.4, 0.5) is 4.39 Å². The van der Waals surface area contributed by atoms with E-state index in [4.69, 9.17) is 0 Å². The van der Waals surface area contributed by atoms with Gasteiger partial charge in [0.2, 0.25) is 0 Å². The lowest BCUT2D eigenvalue weighted by atomic mass is 9.86. The summed E-state index contributed by atoms with van der Waals surface area (Å²) in [5.41, 5.74) is 0.656. The Morgan fingerprint density at radius 2 is 2.07 bits per heavy atom. The van der Waals surface area contributed by atoms with Crippen molar-refractivity contribution in [2.24, 2.45) is 0 Å². The van der Waals surface area contributed by atoms with Gasteiger partial charge in [-0.05, 0) is 24.0 Å². The van der Waals surface area contributed by atoms with Crippen LogP contribution in [0.15, 0.2) is 23.1 Å². The minimum atomic E-state index is -0.307. The summed E-state index contributed by atoms with van der Waals surface area (Å²) in [5.74, 6) is -0.199. The Bertz CT molecular complexity index is 323. The van der Waals surface area contributed by atoms with Gasteiger partial charge in [0.25, 0.3) is 0 Å². The minimum Gasteiger partial charge on any atom is -0.395 e. The number of halogens is 1. The molecule has 0 aromatic heterocycles. The number of hydrogen-bond acceptors (Lipinski definition) is 2. The average molecular weight is 214 g/mol. The van der Waals surface area contributed by atoms with Crippen molar-refractivity contribution in [1.82, 2.24) is 0 Å². The Morgan fingerprint density at radius 3 is 2.57 bits per heavy atom. The van der Waals surface area contributed by atoms with E-state index >= 15 is 0 Å². The molecule has 0 saturated carbocycles. The number of rotatable bonds is 3. The van der Waals surface area contributed by atoms with Crippen LogP contribution in [0.3, 0.4) is 0 Å². The second-order valence-electron chi connectivity index (χ2n) is 3.89. The van der Waals surface area contributed by atoms with Crippen LogP contribution in [-0.4, -0.2) is 18.0 Å². The van der Waals surface area contributed by atoms with E-state index in [-0.39, 0.29) is 17.8 Å². The Labute approximate surface area is 88.3 Å². The van der Waals surface area contributed by atoms with Crippen LogP contribution in [0.5, 0.6) is 0 Å². The molecule has 1 rings (SSSR count). The summed E-state index contributed by atoms with van der Waals surface area (Å²) >= 11 is 1.38. The predicted molar refractivity (Wildman–Crippen MR) is 58.3 cm³/mol. The zero-order valence-electron chi connectivity index (χ0n) is 8.67. The maximum Gasteiger partial charge on any atom is 0.136 e. The zero-order chi connectivity index (χ0) is 10.8. The lowest BCUT2D eigenvalue weighted by Crippen LogP contribution is -2.22. The van der Waals surface area contributed by atoms with Gasteiger partial charge in [-0.3, -0.25) is 0 Å². The van der Waals surface area contributed by atoms with Crippen molar-refractivity contribution in [3.63, 3.8) is 0 Å². The number of benzene rings is 1. The monoisotopic (exact) mass is 214 g/mol. The van der Waals surface area contributed by atoms with Crippen molar-refractivity contribution in [2.75, 3.05) is 12.9 Å². The molecule has 1 N–H and O–H groups in total. The molecule has 0 aliphatic rings. The van der Waals surface area contributed by atoms with Crippen LogP contribution in [0.2, 0.25) is 0 Å². The van der Waals surface area contributed by atoms with Crippen LogP contribution >= 0.6 is 11.8 Å². The SMILES string of the molecule is CSc1cc(C(C)(C)CO)ccc1F. The van der Waals surface area contributed by atoms with E-state index < -0.39 is 0 Å². The lowest BCUT2D eigenvalue weighted by molar-refractivity contribution is 0.218. The summed E-state index contributed by atoms with van der Waals surface area (Å²) in [6.07, 6.45) is 1.84. The predicted octanol–water partition coefficient (Wildman–Crippen LogP) is 2.82. The maximum absolute atomic E-state index is 13.2. The normalized spacial score (nSPS) is 11.8. The summed E-state index contributed by atoms with van der Waals surface area (Å²) < 4.78 is 13.2. The molecule has 78 valence electrons. The molecular weight excluding hydrogens is 199 g/mol. The minimum absolute atomic E-state index is 0.0620. The van der Waals surface area contributed by atoms with E-state index in [2.05, 4.69) is 0 Å². The van der Waals surface area contributed by atoms with Gasteiger partial charge in [-0.15, -0.1) is 11.8 Å². The topological polar surface area (TPSA) is 20.2 Å². The number of aliphatic hydroxyl groups excluding tert-OH is 1. The summed E-state index contributed by atoms with van der Waals surface area (Å²) in [4.78, 5) is 0.629. The second kappa shape index (κ2) is 4.32. The summed E-state index contributed by atoms with van der Waals surface area (Å²) in [5, 5.41) is 9.18. The molecule has 0 atom stereocenters. The largest absolute Gasteiger partial charge is 0.395 e. The molecule has 1 aromatic rings. The fourth-order valence-electron chi connectivity index (χ4n) is 1.17. The summed E-state index contributed by atoms with van der Waals surface area (Å²) in [7, 11) is 0. The Morgan fingerprint density at radius 1 is 1.43 bits per heavy atom. The third kappa shape index (κ3) is 2.28. The molecule has 0 aliphatic carbocycles. The molecule has 1 aromatic carbocycles. The van der Waals surface area contributed by atoms with Gasteiger partial charge in [-0.25, -0.2) is 4.39 Å². The quantitative estimate of drug-likeness (QED) is 0.781. The molecule has 0 radical (unpaired) electrons. The van der Waals surface area contributed by atoms with Crippen molar-refractivity contribution in [3.05, 3.63) is 29.6 Å². The average Bonchev–Trinajstić information content (AvgIpc) is 2.18. The number of thioether (sulfide) groups is 1. The van der Waals surface area contributed by atoms with E-state index in [0.29, 0.717) is 4.90 Å². The van der Waals surface area contributed by atoms with Crippen molar-refractivity contribution in [1.29, 1.82) is 0 Å². The molecule has 0 saturated heterocycles. The van der Waals surface area contributed by atoms with Crippen LogP contribution < -0.4 is 0 Å². The molecule has 0 unspecified atom stereocenters. The fourth-order valence-corrected chi connectivity index (χ4v) is 1.68. The highest BCUT2D eigenvalue weighted by Gasteiger charge is 2.20. The van der Waals surface area contributed by atoms with Gasteiger partial charge in [-0.2, -0.15) is 0 Å². The van der Waals surface area contributed by atoms with Crippen molar-refractivity contribution in [3.8, 4) is 0 Å². The molecule has 0 spiro atoms. The molecule has 0 aliphatic heterocycles. The van der Waals surface area contributed by atoms with Gasteiger partial charge in [-0.1, -0.05) is 19.9 Å². The first-order valence-corrected chi connectivity index (χ1v) is 5.68. The van der Waals surface area contributed by atoms with Crippen LogP contribution in [-0.2, 0) is 5.41 Å². The van der Waals surface area contributed by atoms with Crippen molar-refractivity contribution in [2.45, 2.75) is 24.2 Å². The third-order valence-corrected chi connectivity index (χ3v) is 3.08. The highest BCUT2D eigenvalue weighted by Crippen LogP contribution is 2.28. The first-order chi connectivity index (χ1) is 6.51. The first kappa shape index (κ1) is 11.5. The third-order valence-electron chi connectivity index (χ3n) is 2.33. The van der Waals surface area contributed by atoms with Gasteiger partial charge >= 0.3 is 0 Å². The standard InChI is InChI=1S/C11H15FOS/c1-11(2,7-13)8-4-5-9(12)10(6-8)14-3/h4-6,13H,7H2,1-3H3. The highest BCUT2D eigenvalue weighted by atomic mass is 32.2. The molecule has 0 heterocycles. The molecule has 3 heteroatoms. The van der Waals surface area contributed by atoms with Crippen molar-refractivity contribution < 1.29 is 9.50 Å². The van der Waals surface area contributed by atoms with Crippen LogP contribution in [0.25, 0.3) is 0 Å². The molecule has 0 bridgehead atoms. The van der Waals surface area contributed by atoms with E-state index in [0.717, 1.165) is 5.56 Å². The number of aliphatic hydroxyl groups is 1. The Balaban J connectivity index is 3.12. The van der Waals surface area contributed by atoms with Gasteiger partial charge in [0.05, 0.1) is 6.61 Å². The Kier molecular flexibility index (Phi) is 3.56. The lowest BCUT2D eigenvalue weighted by Gasteiger charge is -2.22.